The predicted molar refractivity (Wildman–Crippen MR) is 127 cm³/mol. The van der Waals surface area contributed by atoms with E-state index in [1.54, 1.807) is 35.6 Å². The van der Waals surface area contributed by atoms with Gasteiger partial charge in [-0.2, -0.15) is 0 Å². The van der Waals surface area contributed by atoms with Crippen molar-refractivity contribution < 1.29 is 14.1 Å². The molecule has 3 N–H and O–H groups in total. The monoisotopic (exact) mass is 476 g/mol. The maximum Gasteiger partial charge on any atom is 0.313 e. The summed E-state index contributed by atoms with van der Waals surface area (Å²) in [4.78, 5) is 29.9. The van der Waals surface area contributed by atoms with Gasteiger partial charge in [-0.25, -0.2) is 9.71 Å². The van der Waals surface area contributed by atoms with Crippen LogP contribution in [0.4, 0.5) is 11.4 Å². The molecule has 10 heteroatoms. The van der Waals surface area contributed by atoms with Gasteiger partial charge in [0.1, 0.15) is 11.3 Å². The fourth-order valence-electron chi connectivity index (χ4n) is 2.76. The van der Waals surface area contributed by atoms with Gasteiger partial charge in [-0.1, -0.05) is 29.8 Å². The Bertz CT molecular complexity index is 1070. The minimum atomic E-state index is -1.23. The summed E-state index contributed by atoms with van der Waals surface area (Å²) in [5, 5.41) is 6.72. The van der Waals surface area contributed by atoms with Gasteiger partial charge in [0.15, 0.2) is 0 Å². The highest BCUT2D eigenvalue weighted by Crippen LogP contribution is 2.29. The van der Waals surface area contributed by atoms with Crippen LogP contribution in [0.1, 0.15) is 10.6 Å². The van der Waals surface area contributed by atoms with Crippen LogP contribution in [0.25, 0.3) is 10.6 Å². The van der Waals surface area contributed by atoms with Crippen LogP contribution in [0.2, 0.25) is 5.02 Å². The van der Waals surface area contributed by atoms with Crippen molar-refractivity contribution in [2.24, 2.45) is 0 Å². The molecular weight excluding hydrogens is 456 g/mol. The van der Waals surface area contributed by atoms with E-state index < -0.39 is 23.2 Å². The number of nitrogens with zero attached hydrogens (tertiary/aromatic N) is 1. The molecule has 0 aliphatic rings. The number of aromatic nitrogens is 1. The second kappa shape index (κ2) is 10.6. The summed E-state index contributed by atoms with van der Waals surface area (Å²) < 4.78 is 14.0. The summed E-state index contributed by atoms with van der Waals surface area (Å²) in [5.41, 5.74) is 2.89. The number of anilines is 2. The maximum atomic E-state index is 12.1. The fraction of sp³-hybridized carbons (Fsp3) is 0.190. The number of halogens is 1. The lowest BCUT2D eigenvalue weighted by atomic mass is 10.2. The van der Waals surface area contributed by atoms with E-state index in [1.165, 1.54) is 6.26 Å². The molecule has 3 rings (SSSR count). The Balaban J connectivity index is 1.52. The zero-order chi connectivity index (χ0) is 22.4. The number of hydrogen-bond acceptors (Lipinski definition) is 6. The lowest BCUT2D eigenvalue weighted by Gasteiger charge is -2.10. The lowest BCUT2D eigenvalue weighted by molar-refractivity contribution is -0.136. The van der Waals surface area contributed by atoms with Gasteiger partial charge >= 0.3 is 11.8 Å². The van der Waals surface area contributed by atoms with Gasteiger partial charge in [0.25, 0.3) is 0 Å². The summed E-state index contributed by atoms with van der Waals surface area (Å²) in [7, 11) is 0. The molecule has 2 amide bonds. The Morgan fingerprint density at radius 1 is 1.13 bits per heavy atom. The first kappa shape index (κ1) is 23.1. The van der Waals surface area contributed by atoms with Gasteiger partial charge in [0, 0.05) is 34.1 Å². The molecule has 0 radical (unpaired) electrons. The predicted octanol–water partition coefficient (Wildman–Crippen LogP) is 3.77. The van der Waals surface area contributed by atoms with Crippen molar-refractivity contribution in [3.8, 4) is 10.6 Å². The van der Waals surface area contributed by atoms with E-state index >= 15 is 0 Å². The van der Waals surface area contributed by atoms with Crippen molar-refractivity contribution >= 4 is 57.5 Å². The van der Waals surface area contributed by atoms with Crippen molar-refractivity contribution in [2.75, 3.05) is 22.8 Å². The van der Waals surface area contributed by atoms with Crippen LogP contribution >= 0.6 is 22.9 Å². The number of carbonyl (C=O) groups excluding carboxylic acids is 2. The minimum Gasteiger partial charge on any atom is -0.593 e. The first-order chi connectivity index (χ1) is 14.8. The Morgan fingerprint density at radius 2 is 1.84 bits per heavy atom. The van der Waals surface area contributed by atoms with E-state index in [9.17, 15) is 14.1 Å². The van der Waals surface area contributed by atoms with E-state index in [2.05, 4.69) is 20.3 Å². The molecule has 31 heavy (non-hydrogen) atoms. The van der Waals surface area contributed by atoms with Crippen molar-refractivity contribution in [2.45, 2.75) is 13.3 Å². The molecule has 2 aromatic carbocycles. The zero-order valence-corrected chi connectivity index (χ0v) is 19.3. The smallest absolute Gasteiger partial charge is 0.313 e. The lowest BCUT2D eigenvalue weighted by Crippen LogP contribution is -2.36. The van der Waals surface area contributed by atoms with Crippen LogP contribution in [0.3, 0.4) is 0 Å². The molecule has 0 spiro atoms. The molecule has 1 unspecified atom stereocenters. The summed E-state index contributed by atoms with van der Waals surface area (Å²) in [6.07, 6.45) is 2.07. The van der Waals surface area contributed by atoms with Crippen molar-refractivity contribution in [1.29, 1.82) is 0 Å². The molecular formula is C21H21ClN4O3S2. The first-order valence-electron chi connectivity index (χ1n) is 9.33. The number of carbonyl (C=O) groups is 2. The number of amides is 2. The Kier molecular flexibility index (Phi) is 7.91. The number of benzene rings is 2. The molecule has 1 atom stereocenters. The SMILES string of the molecule is Cc1nc(-c2ccc(Cl)cc2)sc1CCNC(=O)C(=O)Nc1cccc(N[S+](C)[O-])c1. The number of aryl methyl sites for hydroxylation is 1. The third-order valence-electron chi connectivity index (χ3n) is 4.21. The van der Waals surface area contributed by atoms with Gasteiger partial charge in [-0.05, 0) is 37.3 Å². The van der Waals surface area contributed by atoms with Gasteiger partial charge < -0.3 is 15.2 Å². The van der Waals surface area contributed by atoms with Gasteiger partial charge in [-0.15, -0.1) is 11.3 Å². The van der Waals surface area contributed by atoms with E-state index in [4.69, 9.17) is 11.6 Å². The van der Waals surface area contributed by atoms with Crippen LogP contribution < -0.4 is 15.4 Å². The topological polar surface area (TPSA) is 106 Å². The molecule has 0 aliphatic heterocycles. The molecule has 1 heterocycles. The Labute approximate surface area is 192 Å². The van der Waals surface area contributed by atoms with Crippen molar-refractivity contribution in [3.63, 3.8) is 0 Å². The highest BCUT2D eigenvalue weighted by molar-refractivity contribution is 7.92. The molecule has 7 nitrogen and oxygen atoms in total. The highest BCUT2D eigenvalue weighted by Gasteiger charge is 2.15. The minimum absolute atomic E-state index is 0.311. The molecule has 0 saturated carbocycles. The van der Waals surface area contributed by atoms with Gasteiger partial charge in [0.2, 0.25) is 0 Å². The summed E-state index contributed by atoms with van der Waals surface area (Å²) in [6.45, 7) is 2.23. The third-order valence-corrected chi connectivity index (χ3v) is 6.25. The average Bonchev–Trinajstić information content (AvgIpc) is 3.08. The normalized spacial score (nSPS) is 11.6. The molecule has 3 aromatic rings. The molecule has 0 bridgehead atoms. The van der Waals surface area contributed by atoms with E-state index in [0.29, 0.717) is 29.4 Å². The maximum absolute atomic E-state index is 12.1. The van der Waals surface area contributed by atoms with Crippen molar-refractivity contribution in [3.05, 3.63) is 64.1 Å². The van der Waals surface area contributed by atoms with E-state index in [0.717, 1.165) is 21.1 Å². The molecule has 162 valence electrons. The van der Waals surface area contributed by atoms with E-state index in [-0.39, 0.29) is 0 Å². The molecule has 0 saturated heterocycles. The molecule has 0 fully saturated rings. The van der Waals surface area contributed by atoms with Crippen LogP contribution in [0.15, 0.2) is 48.5 Å². The zero-order valence-electron chi connectivity index (χ0n) is 16.9. The first-order valence-corrected chi connectivity index (χ1v) is 12.1. The van der Waals surface area contributed by atoms with E-state index in [1.807, 2.05) is 31.2 Å². The number of nitrogens with one attached hydrogen (secondary N) is 3. The van der Waals surface area contributed by atoms with Gasteiger partial charge in [0.05, 0.1) is 22.7 Å². The number of hydrogen-bond donors (Lipinski definition) is 3. The molecule has 0 aliphatic carbocycles. The van der Waals surface area contributed by atoms with Crippen LogP contribution in [-0.4, -0.2) is 34.2 Å². The third kappa shape index (κ3) is 6.70. The fourth-order valence-corrected chi connectivity index (χ4v) is 4.41. The second-order valence-electron chi connectivity index (χ2n) is 6.63. The van der Waals surface area contributed by atoms with Crippen molar-refractivity contribution in [1.82, 2.24) is 10.3 Å². The molecule has 1 aromatic heterocycles. The summed E-state index contributed by atoms with van der Waals surface area (Å²) in [5.74, 6) is -1.49. The number of thiazole rings is 1. The van der Waals surface area contributed by atoms with Crippen LogP contribution in [0, 0.1) is 6.92 Å². The second-order valence-corrected chi connectivity index (χ2v) is 9.26. The Hall–Kier alpha value is -2.59. The summed E-state index contributed by atoms with van der Waals surface area (Å²) in [6, 6.07) is 14.1. The quantitative estimate of drug-likeness (QED) is 0.355. The summed E-state index contributed by atoms with van der Waals surface area (Å²) >= 11 is 6.25. The largest absolute Gasteiger partial charge is 0.593 e. The van der Waals surface area contributed by atoms with Gasteiger partial charge in [-0.3, -0.25) is 9.59 Å². The van der Waals surface area contributed by atoms with Crippen LogP contribution in [-0.2, 0) is 27.4 Å². The standard InChI is InChI=1S/C21H21ClN4O3S2/c1-13-18(30-21(24-13)14-6-8-15(22)9-7-14)10-11-23-19(27)20(28)25-16-4-3-5-17(12-16)26-31(2)29/h3-9,12,26H,10-11H2,1-2H3,(H,23,27)(H,25,28). The van der Waals surface area contributed by atoms with Crippen LogP contribution in [0.5, 0.6) is 0 Å². The number of rotatable bonds is 7. The average molecular weight is 477 g/mol. The highest BCUT2D eigenvalue weighted by atomic mass is 35.5. The Morgan fingerprint density at radius 3 is 2.55 bits per heavy atom.